The second-order valence-corrected chi connectivity index (χ2v) is 9.68. The first kappa shape index (κ1) is 22.9. The number of ether oxygens (including phenoxy) is 1. The molecule has 0 saturated carbocycles. The number of rotatable bonds is 7. The zero-order chi connectivity index (χ0) is 24.4. The zero-order valence-corrected chi connectivity index (χ0v) is 20.4. The van der Waals surface area contributed by atoms with Crippen LogP contribution in [0.25, 0.3) is 10.6 Å². The van der Waals surface area contributed by atoms with Gasteiger partial charge >= 0.3 is 0 Å². The van der Waals surface area contributed by atoms with Crippen molar-refractivity contribution in [2.24, 2.45) is 0 Å². The van der Waals surface area contributed by atoms with Gasteiger partial charge in [0.05, 0.1) is 18.5 Å². The normalized spacial score (nSPS) is 17.2. The molecule has 1 unspecified atom stereocenters. The predicted octanol–water partition coefficient (Wildman–Crippen LogP) is 4.35. The van der Waals surface area contributed by atoms with Crippen LogP contribution in [0.2, 0.25) is 0 Å². The third-order valence-electron chi connectivity index (χ3n) is 6.36. The van der Waals surface area contributed by atoms with Crippen LogP contribution in [-0.2, 0) is 24.4 Å². The maximum absolute atomic E-state index is 13.8. The van der Waals surface area contributed by atoms with Crippen molar-refractivity contribution in [2.75, 3.05) is 7.11 Å². The molecule has 0 saturated heterocycles. The minimum atomic E-state index is -1.13. The summed E-state index contributed by atoms with van der Waals surface area (Å²) in [5, 5.41) is 9.70. The number of thiophene rings is 1. The second kappa shape index (κ2) is 9.38. The number of nitrogens with one attached hydrogen (secondary N) is 1. The molecule has 0 spiro atoms. The van der Waals surface area contributed by atoms with E-state index in [4.69, 9.17) is 4.74 Å². The Morgan fingerprint density at radius 2 is 1.86 bits per heavy atom. The van der Waals surface area contributed by atoms with E-state index in [1.807, 2.05) is 85.1 Å². The molecule has 2 aromatic carbocycles. The summed E-state index contributed by atoms with van der Waals surface area (Å²) in [6, 6.07) is 23.0. The standard InChI is InChI=1S/C27H26N4O3S/c1-27(26(33)28-16-19-7-4-3-5-8-19)18-31-23(15-22(29-31)24-9-6-14-35-24)25(32)30(27)17-20-10-12-21(34-2)13-11-20/h3-15H,16-18H2,1-2H3,(H,28,33). The summed E-state index contributed by atoms with van der Waals surface area (Å²) < 4.78 is 6.93. The quantitative estimate of drug-likeness (QED) is 0.421. The number of hydrogen-bond acceptors (Lipinski definition) is 5. The summed E-state index contributed by atoms with van der Waals surface area (Å²) in [7, 11) is 1.61. The van der Waals surface area contributed by atoms with Gasteiger partial charge in [-0.15, -0.1) is 11.3 Å². The van der Waals surface area contributed by atoms with E-state index in [0.29, 0.717) is 12.2 Å². The van der Waals surface area contributed by atoms with Gasteiger partial charge in [0.15, 0.2) is 0 Å². The van der Waals surface area contributed by atoms with Gasteiger partial charge in [0.25, 0.3) is 5.91 Å². The summed E-state index contributed by atoms with van der Waals surface area (Å²) in [4.78, 5) is 30.0. The highest BCUT2D eigenvalue weighted by atomic mass is 32.1. The third kappa shape index (κ3) is 4.44. The monoisotopic (exact) mass is 486 g/mol. The van der Waals surface area contributed by atoms with Crippen LogP contribution < -0.4 is 10.1 Å². The van der Waals surface area contributed by atoms with Gasteiger partial charge in [0, 0.05) is 13.1 Å². The third-order valence-corrected chi connectivity index (χ3v) is 7.25. The van der Waals surface area contributed by atoms with Gasteiger partial charge < -0.3 is 15.0 Å². The van der Waals surface area contributed by atoms with Crippen molar-refractivity contribution in [3.05, 3.63) is 95.0 Å². The molecule has 0 fully saturated rings. The number of carbonyl (C=O) groups is 2. The lowest BCUT2D eigenvalue weighted by molar-refractivity contribution is -0.133. The van der Waals surface area contributed by atoms with Crippen molar-refractivity contribution in [1.29, 1.82) is 0 Å². The van der Waals surface area contributed by atoms with E-state index in [1.54, 1.807) is 28.0 Å². The van der Waals surface area contributed by atoms with Crippen LogP contribution in [0, 0.1) is 0 Å². The Labute approximate surface area is 208 Å². The first-order valence-corrected chi connectivity index (χ1v) is 12.2. The summed E-state index contributed by atoms with van der Waals surface area (Å²) in [5.74, 6) is 0.294. The lowest BCUT2D eigenvalue weighted by atomic mass is 9.94. The number of nitrogens with zero attached hydrogens (tertiary/aromatic N) is 3. The Bertz CT molecular complexity index is 1330. The van der Waals surface area contributed by atoms with Gasteiger partial charge in [0.2, 0.25) is 5.91 Å². The SMILES string of the molecule is COc1ccc(CN2C(=O)c3cc(-c4cccs4)nn3CC2(C)C(=O)NCc2ccccc2)cc1. The number of methoxy groups -OCH3 is 1. The smallest absolute Gasteiger partial charge is 0.273 e. The van der Waals surface area contributed by atoms with Crippen LogP contribution in [-0.4, -0.2) is 39.1 Å². The van der Waals surface area contributed by atoms with Gasteiger partial charge in [-0.25, -0.2) is 0 Å². The number of hydrogen-bond donors (Lipinski definition) is 1. The van der Waals surface area contributed by atoms with E-state index in [-0.39, 0.29) is 24.9 Å². The highest BCUT2D eigenvalue weighted by Crippen LogP contribution is 2.32. The van der Waals surface area contributed by atoms with Crippen molar-refractivity contribution in [1.82, 2.24) is 20.0 Å². The molecule has 8 heteroatoms. The fourth-order valence-electron chi connectivity index (χ4n) is 4.32. The molecule has 1 aliphatic heterocycles. The number of aromatic nitrogens is 2. The average molecular weight is 487 g/mol. The van der Waals surface area contributed by atoms with E-state index < -0.39 is 5.54 Å². The Morgan fingerprint density at radius 3 is 2.54 bits per heavy atom. The first-order valence-electron chi connectivity index (χ1n) is 11.4. The predicted molar refractivity (Wildman–Crippen MR) is 135 cm³/mol. The molecule has 7 nitrogen and oxygen atoms in total. The molecule has 35 heavy (non-hydrogen) atoms. The maximum atomic E-state index is 13.8. The molecular weight excluding hydrogens is 460 g/mol. The number of benzene rings is 2. The Morgan fingerprint density at radius 1 is 1.09 bits per heavy atom. The van der Waals surface area contributed by atoms with E-state index >= 15 is 0 Å². The van der Waals surface area contributed by atoms with Crippen LogP contribution in [0.5, 0.6) is 5.75 Å². The fourth-order valence-corrected chi connectivity index (χ4v) is 5.00. The Kier molecular flexibility index (Phi) is 6.13. The van der Waals surface area contributed by atoms with Crippen molar-refractivity contribution in [2.45, 2.75) is 32.1 Å². The highest BCUT2D eigenvalue weighted by molar-refractivity contribution is 7.13. The molecule has 5 rings (SSSR count). The van der Waals surface area contributed by atoms with E-state index in [1.165, 1.54) is 0 Å². The first-order chi connectivity index (χ1) is 17.0. The highest BCUT2D eigenvalue weighted by Gasteiger charge is 2.48. The number of amides is 2. The van der Waals surface area contributed by atoms with E-state index in [0.717, 1.165) is 27.4 Å². The molecule has 178 valence electrons. The number of fused-ring (bicyclic) bond motifs is 1. The van der Waals surface area contributed by atoms with Crippen molar-refractivity contribution >= 4 is 23.2 Å². The minimum absolute atomic E-state index is 0.220. The summed E-state index contributed by atoms with van der Waals surface area (Å²) in [6.07, 6.45) is 0. The van der Waals surface area contributed by atoms with Gasteiger partial charge in [-0.1, -0.05) is 48.5 Å². The van der Waals surface area contributed by atoms with Gasteiger partial charge in [-0.2, -0.15) is 5.10 Å². The molecule has 1 aliphatic rings. The summed E-state index contributed by atoms with van der Waals surface area (Å²) in [6.45, 7) is 2.74. The Balaban J connectivity index is 1.48. The van der Waals surface area contributed by atoms with Gasteiger partial charge in [-0.3, -0.25) is 14.3 Å². The summed E-state index contributed by atoms with van der Waals surface area (Å²) >= 11 is 1.57. The van der Waals surface area contributed by atoms with Crippen LogP contribution in [0.4, 0.5) is 0 Å². The topological polar surface area (TPSA) is 76.5 Å². The molecule has 1 N–H and O–H groups in total. The molecular formula is C27H26N4O3S. The van der Waals surface area contributed by atoms with Crippen LogP contribution >= 0.6 is 11.3 Å². The molecule has 2 aromatic heterocycles. The molecule has 0 bridgehead atoms. The van der Waals surface area contributed by atoms with Crippen molar-refractivity contribution < 1.29 is 14.3 Å². The van der Waals surface area contributed by atoms with E-state index in [9.17, 15) is 9.59 Å². The minimum Gasteiger partial charge on any atom is -0.497 e. The lowest BCUT2D eigenvalue weighted by Gasteiger charge is -2.43. The average Bonchev–Trinajstić information content (AvgIpc) is 3.56. The van der Waals surface area contributed by atoms with Crippen molar-refractivity contribution in [3.63, 3.8) is 0 Å². The zero-order valence-electron chi connectivity index (χ0n) is 19.6. The molecule has 2 amide bonds. The van der Waals surface area contributed by atoms with E-state index in [2.05, 4.69) is 10.4 Å². The molecule has 3 heterocycles. The van der Waals surface area contributed by atoms with Crippen LogP contribution in [0.15, 0.2) is 78.2 Å². The molecule has 0 radical (unpaired) electrons. The largest absolute Gasteiger partial charge is 0.497 e. The Hall–Kier alpha value is -3.91. The molecule has 0 aliphatic carbocycles. The van der Waals surface area contributed by atoms with Crippen LogP contribution in [0.3, 0.4) is 0 Å². The van der Waals surface area contributed by atoms with Gasteiger partial charge in [-0.05, 0) is 47.7 Å². The van der Waals surface area contributed by atoms with Crippen molar-refractivity contribution in [3.8, 4) is 16.3 Å². The number of carbonyl (C=O) groups excluding carboxylic acids is 2. The van der Waals surface area contributed by atoms with Gasteiger partial charge in [0.1, 0.15) is 22.7 Å². The molecule has 4 aromatic rings. The molecule has 1 atom stereocenters. The lowest BCUT2D eigenvalue weighted by Crippen LogP contribution is -2.63. The fraction of sp³-hybridized carbons (Fsp3) is 0.222. The second-order valence-electron chi connectivity index (χ2n) is 8.73. The van der Waals surface area contributed by atoms with Crippen LogP contribution in [0.1, 0.15) is 28.5 Å². The maximum Gasteiger partial charge on any atom is 0.273 e. The summed E-state index contributed by atoms with van der Waals surface area (Å²) in [5.41, 5.74) is 2.00.